The molecule has 184 valence electrons. The lowest BCUT2D eigenvalue weighted by atomic mass is 9.60. The first-order chi connectivity index (χ1) is 15.8. The van der Waals surface area contributed by atoms with Gasteiger partial charge in [-0.1, -0.05) is 46.8 Å². The number of fused-ring (bicyclic) bond motifs is 3. The van der Waals surface area contributed by atoms with E-state index in [1.807, 2.05) is 20.8 Å². The molecule has 3 aliphatic rings. The van der Waals surface area contributed by atoms with Gasteiger partial charge >= 0.3 is 0 Å². The summed E-state index contributed by atoms with van der Waals surface area (Å²) in [6.07, 6.45) is 3.32. The molecule has 0 unspecified atom stereocenters. The summed E-state index contributed by atoms with van der Waals surface area (Å²) in [4.78, 5) is 37.4. The third kappa shape index (κ3) is 3.17. The van der Waals surface area contributed by atoms with Gasteiger partial charge in [0.2, 0.25) is 0 Å². The molecule has 1 aromatic rings. The lowest BCUT2D eigenvalue weighted by molar-refractivity contribution is -0.128. The third-order valence-electron chi connectivity index (χ3n) is 9.50. The summed E-state index contributed by atoms with van der Waals surface area (Å²) in [5, 5.41) is 32.5. The molecule has 0 saturated heterocycles. The van der Waals surface area contributed by atoms with Gasteiger partial charge in [0.05, 0.1) is 11.1 Å². The average molecular weight is 469 g/mol. The van der Waals surface area contributed by atoms with Gasteiger partial charge in [0.15, 0.2) is 12.6 Å². The van der Waals surface area contributed by atoms with Crippen molar-refractivity contribution < 1.29 is 29.7 Å². The number of allylic oxidation sites excluding steroid dienone is 1. The highest BCUT2D eigenvalue weighted by atomic mass is 16.3. The molecule has 3 fully saturated rings. The highest BCUT2D eigenvalue weighted by Gasteiger charge is 2.70. The first-order valence-corrected chi connectivity index (χ1v) is 12.3. The topological polar surface area (TPSA) is 112 Å². The van der Waals surface area contributed by atoms with Gasteiger partial charge in [0, 0.05) is 23.3 Å². The fraction of sp³-hybridized carbons (Fsp3) is 0.607. The van der Waals surface area contributed by atoms with Gasteiger partial charge in [-0.05, 0) is 54.3 Å². The molecule has 1 aromatic carbocycles. The number of carbonyl (C=O) groups is 3. The smallest absolute Gasteiger partial charge is 0.157 e. The van der Waals surface area contributed by atoms with E-state index in [2.05, 4.69) is 20.4 Å². The van der Waals surface area contributed by atoms with Crippen LogP contribution in [-0.4, -0.2) is 33.7 Å². The molecule has 34 heavy (non-hydrogen) atoms. The molecule has 4 rings (SSSR count). The van der Waals surface area contributed by atoms with E-state index in [1.165, 1.54) is 0 Å². The molecule has 3 aliphatic carbocycles. The van der Waals surface area contributed by atoms with Crippen LogP contribution in [0.5, 0.6) is 17.2 Å². The van der Waals surface area contributed by atoms with Gasteiger partial charge in [0.1, 0.15) is 23.0 Å². The van der Waals surface area contributed by atoms with Crippen LogP contribution in [0.4, 0.5) is 0 Å². The highest BCUT2D eigenvalue weighted by Crippen LogP contribution is 2.74. The van der Waals surface area contributed by atoms with Gasteiger partial charge in [0.25, 0.3) is 0 Å². The summed E-state index contributed by atoms with van der Waals surface area (Å²) in [7, 11) is 0. The van der Waals surface area contributed by atoms with Crippen LogP contribution in [0.2, 0.25) is 0 Å². The molecule has 3 saturated carbocycles. The normalized spacial score (nSPS) is 32.6. The van der Waals surface area contributed by atoms with Gasteiger partial charge in [-0.25, -0.2) is 0 Å². The van der Waals surface area contributed by atoms with E-state index in [4.69, 9.17) is 0 Å². The van der Waals surface area contributed by atoms with Crippen LogP contribution in [0.3, 0.4) is 0 Å². The Labute approximate surface area is 201 Å². The van der Waals surface area contributed by atoms with Crippen LogP contribution in [0.15, 0.2) is 12.2 Å². The molecule has 0 bridgehead atoms. The number of Topliss-reactive ketones (excluding diaryl/α,β-unsaturated/α-hetero) is 1. The van der Waals surface area contributed by atoms with Crippen LogP contribution >= 0.6 is 0 Å². The number of phenols is 3. The van der Waals surface area contributed by atoms with Crippen molar-refractivity contribution in [1.82, 2.24) is 0 Å². The molecule has 0 spiro atoms. The Morgan fingerprint density at radius 3 is 2.06 bits per heavy atom. The monoisotopic (exact) mass is 468 g/mol. The summed E-state index contributed by atoms with van der Waals surface area (Å²) in [5.41, 5.74) is -0.635. The zero-order valence-corrected chi connectivity index (χ0v) is 20.7. The maximum Gasteiger partial charge on any atom is 0.157 e. The number of phenolic OH excluding ortho intramolecular Hbond substituents is 3. The molecule has 0 aromatic heterocycles. The van der Waals surface area contributed by atoms with Crippen molar-refractivity contribution in [2.75, 3.05) is 0 Å². The van der Waals surface area contributed by atoms with Crippen LogP contribution in [0.25, 0.3) is 0 Å². The fourth-order valence-electron chi connectivity index (χ4n) is 7.63. The van der Waals surface area contributed by atoms with Crippen LogP contribution in [0, 0.1) is 40.4 Å². The number of aromatic hydroxyl groups is 3. The Hall–Kier alpha value is -2.63. The molecule has 6 heteroatoms. The molecule has 0 amide bonds. The summed E-state index contributed by atoms with van der Waals surface area (Å²) in [5.74, 6) is -1.57. The van der Waals surface area contributed by atoms with E-state index < -0.39 is 39.7 Å². The van der Waals surface area contributed by atoms with Crippen molar-refractivity contribution in [2.45, 2.75) is 66.2 Å². The quantitative estimate of drug-likeness (QED) is 0.381. The summed E-state index contributed by atoms with van der Waals surface area (Å²) in [6, 6.07) is 0. The molecular formula is C28H36O6. The second-order valence-electron chi connectivity index (χ2n) is 11.9. The van der Waals surface area contributed by atoms with Crippen LogP contribution in [-0.2, 0) is 4.79 Å². The van der Waals surface area contributed by atoms with Crippen molar-refractivity contribution in [1.29, 1.82) is 0 Å². The van der Waals surface area contributed by atoms with Crippen molar-refractivity contribution in [3.05, 3.63) is 28.8 Å². The summed E-state index contributed by atoms with van der Waals surface area (Å²) < 4.78 is 0. The number of ketones is 1. The first-order valence-electron chi connectivity index (χ1n) is 12.3. The molecule has 3 N–H and O–H groups in total. The van der Waals surface area contributed by atoms with Crippen molar-refractivity contribution >= 4 is 18.4 Å². The second kappa shape index (κ2) is 7.96. The number of rotatable bonds is 6. The molecule has 6 nitrogen and oxygen atoms in total. The van der Waals surface area contributed by atoms with E-state index in [0.717, 1.165) is 18.4 Å². The fourth-order valence-corrected chi connectivity index (χ4v) is 7.63. The molecular weight excluding hydrogens is 432 g/mol. The maximum atomic E-state index is 13.9. The Bertz CT molecular complexity index is 1050. The van der Waals surface area contributed by atoms with Gasteiger partial charge < -0.3 is 15.3 Å². The number of hydrogen-bond acceptors (Lipinski definition) is 6. The number of benzene rings is 1. The second-order valence-corrected chi connectivity index (χ2v) is 11.9. The Kier molecular flexibility index (Phi) is 5.73. The van der Waals surface area contributed by atoms with Gasteiger partial charge in [-0.15, -0.1) is 0 Å². The van der Waals surface area contributed by atoms with Gasteiger partial charge in [-0.2, -0.15) is 0 Å². The summed E-state index contributed by atoms with van der Waals surface area (Å²) in [6.45, 7) is 14.8. The highest BCUT2D eigenvalue weighted by molar-refractivity contribution is 5.96. The number of carbonyl (C=O) groups excluding carboxylic acids is 3. The SMILES string of the molecule is C=C1CC[C@@H]2[C@H]([C@H]3[C@H]1CC(=O)[C@]3(C)[C@@H](CC(C)C)c1c(O)c(C=O)c(O)c(C=O)c1O)C2(C)C. The van der Waals surface area contributed by atoms with Gasteiger partial charge in [-0.3, -0.25) is 14.4 Å². The minimum atomic E-state index is -0.939. The van der Waals surface area contributed by atoms with E-state index in [-0.39, 0.29) is 47.1 Å². The van der Waals surface area contributed by atoms with Crippen molar-refractivity contribution in [2.24, 2.45) is 40.4 Å². The van der Waals surface area contributed by atoms with Crippen molar-refractivity contribution in [3.63, 3.8) is 0 Å². The number of hydrogen-bond donors (Lipinski definition) is 3. The molecule has 0 heterocycles. The largest absolute Gasteiger partial charge is 0.507 e. The minimum absolute atomic E-state index is 0.0112. The van der Waals surface area contributed by atoms with Crippen LogP contribution < -0.4 is 0 Å². The standard InChI is InChI=1S/C28H36O6/c1-13(2)9-19(21-25(33)16(11-29)24(32)17(12-30)26(21)34)28(6)20(31)10-15-14(3)7-8-18-23(22(15)28)27(18,4)5/h11-13,15,18-19,22-23,32-34H,3,7-10H2,1-2,4-6H3/t15-,18+,19-,22+,23+,28-/m0/s1. The Morgan fingerprint density at radius 2 is 1.56 bits per heavy atom. The van der Waals surface area contributed by atoms with Crippen LogP contribution in [0.1, 0.15) is 92.5 Å². The molecule has 6 atom stereocenters. The van der Waals surface area contributed by atoms with Crippen molar-refractivity contribution in [3.8, 4) is 17.2 Å². The third-order valence-corrected chi connectivity index (χ3v) is 9.50. The van der Waals surface area contributed by atoms with E-state index >= 15 is 0 Å². The van der Waals surface area contributed by atoms with E-state index in [0.29, 0.717) is 24.7 Å². The zero-order valence-electron chi connectivity index (χ0n) is 20.7. The minimum Gasteiger partial charge on any atom is -0.507 e. The first kappa shape index (κ1) is 24.5. The average Bonchev–Trinajstić information content (AvgIpc) is 3.24. The van der Waals surface area contributed by atoms with E-state index in [1.54, 1.807) is 0 Å². The Morgan fingerprint density at radius 1 is 1.00 bits per heavy atom. The lowest BCUT2D eigenvalue weighted by Crippen LogP contribution is -2.40. The molecule has 0 aliphatic heterocycles. The van der Waals surface area contributed by atoms with E-state index in [9.17, 15) is 29.7 Å². The Balaban J connectivity index is 1.99. The predicted octanol–water partition coefficient (Wildman–Crippen LogP) is 5.39. The predicted molar refractivity (Wildman–Crippen MR) is 128 cm³/mol. The zero-order chi connectivity index (χ0) is 25.3. The summed E-state index contributed by atoms with van der Waals surface area (Å²) >= 11 is 0. The number of aldehydes is 2. The lowest BCUT2D eigenvalue weighted by Gasteiger charge is -2.42. The molecule has 0 radical (unpaired) electrons. The maximum absolute atomic E-state index is 13.9.